The summed E-state index contributed by atoms with van der Waals surface area (Å²) < 4.78 is 2.16. The SMILES string of the molecule is CC(C)(CC(C)(C)n1ccnc1)c1cn[nH]c1. The highest BCUT2D eigenvalue weighted by Crippen LogP contribution is 2.35. The van der Waals surface area contributed by atoms with E-state index in [4.69, 9.17) is 0 Å². The minimum Gasteiger partial charge on any atom is -0.332 e. The molecular formula is C13H20N4. The second-order valence-electron chi connectivity index (χ2n) is 5.83. The zero-order chi connectivity index (χ0) is 12.5. The van der Waals surface area contributed by atoms with E-state index in [0.29, 0.717) is 0 Å². The van der Waals surface area contributed by atoms with Crippen LogP contribution in [0.25, 0.3) is 0 Å². The van der Waals surface area contributed by atoms with Crippen LogP contribution in [0.4, 0.5) is 0 Å². The highest BCUT2D eigenvalue weighted by molar-refractivity contribution is 5.17. The summed E-state index contributed by atoms with van der Waals surface area (Å²) in [5, 5.41) is 6.92. The van der Waals surface area contributed by atoms with Gasteiger partial charge in [-0.05, 0) is 31.2 Å². The van der Waals surface area contributed by atoms with Gasteiger partial charge in [-0.3, -0.25) is 5.10 Å². The van der Waals surface area contributed by atoms with Crippen molar-refractivity contribution in [2.24, 2.45) is 0 Å². The van der Waals surface area contributed by atoms with E-state index in [1.165, 1.54) is 5.56 Å². The molecule has 4 nitrogen and oxygen atoms in total. The Morgan fingerprint density at radius 2 is 2.06 bits per heavy atom. The molecule has 1 N–H and O–H groups in total. The molecule has 92 valence electrons. The molecule has 2 aromatic heterocycles. The Kier molecular flexibility index (Phi) is 2.81. The maximum absolute atomic E-state index is 4.13. The van der Waals surface area contributed by atoms with Crippen LogP contribution in [0.1, 0.15) is 39.7 Å². The van der Waals surface area contributed by atoms with Crippen molar-refractivity contribution in [3.8, 4) is 0 Å². The van der Waals surface area contributed by atoms with Crippen molar-refractivity contribution >= 4 is 0 Å². The summed E-state index contributed by atoms with van der Waals surface area (Å²) in [5.41, 5.74) is 1.36. The van der Waals surface area contributed by atoms with E-state index in [9.17, 15) is 0 Å². The number of nitrogens with zero attached hydrogens (tertiary/aromatic N) is 3. The predicted octanol–water partition coefficient (Wildman–Crippen LogP) is 2.71. The van der Waals surface area contributed by atoms with Gasteiger partial charge in [-0.2, -0.15) is 5.10 Å². The van der Waals surface area contributed by atoms with Gasteiger partial charge in [-0.15, -0.1) is 0 Å². The molecule has 0 aromatic carbocycles. The van der Waals surface area contributed by atoms with Crippen molar-refractivity contribution < 1.29 is 0 Å². The van der Waals surface area contributed by atoms with E-state index in [-0.39, 0.29) is 11.0 Å². The monoisotopic (exact) mass is 232 g/mol. The maximum Gasteiger partial charge on any atom is 0.0950 e. The summed E-state index contributed by atoms with van der Waals surface area (Å²) in [7, 11) is 0. The number of nitrogens with one attached hydrogen (secondary N) is 1. The second-order valence-corrected chi connectivity index (χ2v) is 5.83. The molecule has 2 heterocycles. The molecule has 0 aliphatic carbocycles. The fourth-order valence-electron chi connectivity index (χ4n) is 2.51. The Bertz CT molecular complexity index is 407. The zero-order valence-electron chi connectivity index (χ0n) is 10.9. The Balaban J connectivity index is 2.21. The van der Waals surface area contributed by atoms with Crippen molar-refractivity contribution in [2.45, 2.75) is 45.1 Å². The van der Waals surface area contributed by atoms with E-state index in [1.54, 1.807) is 0 Å². The average molecular weight is 232 g/mol. The Morgan fingerprint density at radius 3 is 2.59 bits per heavy atom. The van der Waals surface area contributed by atoms with Crippen LogP contribution < -0.4 is 0 Å². The molecule has 0 saturated carbocycles. The first-order valence-corrected chi connectivity index (χ1v) is 5.89. The fourth-order valence-corrected chi connectivity index (χ4v) is 2.51. The third-order valence-corrected chi connectivity index (χ3v) is 3.36. The first-order valence-electron chi connectivity index (χ1n) is 5.89. The lowest BCUT2D eigenvalue weighted by molar-refractivity contribution is 0.256. The van der Waals surface area contributed by atoms with Crippen LogP contribution in [0.2, 0.25) is 0 Å². The lowest BCUT2D eigenvalue weighted by Gasteiger charge is -2.35. The van der Waals surface area contributed by atoms with Gasteiger partial charge in [-0.25, -0.2) is 4.98 Å². The van der Waals surface area contributed by atoms with Gasteiger partial charge in [0.15, 0.2) is 0 Å². The molecule has 0 fully saturated rings. The number of rotatable bonds is 4. The van der Waals surface area contributed by atoms with Crippen LogP contribution >= 0.6 is 0 Å². The summed E-state index contributed by atoms with van der Waals surface area (Å²) in [6.45, 7) is 8.96. The standard InChI is InChI=1S/C13H20N4/c1-12(2,11-7-15-16-8-11)9-13(3,4)17-6-5-14-10-17/h5-8,10H,9H2,1-4H3,(H,15,16). The summed E-state index contributed by atoms with van der Waals surface area (Å²) in [5.74, 6) is 0. The van der Waals surface area contributed by atoms with Crippen LogP contribution in [-0.2, 0) is 11.0 Å². The fraction of sp³-hybridized carbons (Fsp3) is 0.538. The molecule has 4 heteroatoms. The van der Waals surface area contributed by atoms with Crippen LogP contribution in [-0.4, -0.2) is 19.7 Å². The van der Waals surface area contributed by atoms with Crippen molar-refractivity contribution in [3.05, 3.63) is 36.7 Å². The molecule has 0 unspecified atom stereocenters. The smallest absolute Gasteiger partial charge is 0.0950 e. The number of imidazole rings is 1. The summed E-state index contributed by atoms with van der Waals surface area (Å²) >= 11 is 0. The molecule has 0 bridgehead atoms. The van der Waals surface area contributed by atoms with Gasteiger partial charge in [0.25, 0.3) is 0 Å². The van der Waals surface area contributed by atoms with E-state index in [1.807, 2.05) is 31.1 Å². The maximum atomic E-state index is 4.13. The first-order chi connectivity index (χ1) is 7.92. The molecule has 0 spiro atoms. The average Bonchev–Trinajstić information content (AvgIpc) is 2.91. The minimum absolute atomic E-state index is 0.0390. The quantitative estimate of drug-likeness (QED) is 0.881. The third-order valence-electron chi connectivity index (χ3n) is 3.36. The highest BCUT2D eigenvalue weighted by Gasteiger charge is 2.31. The van der Waals surface area contributed by atoms with Crippen LogP contribution in [0.5, 0.6) is 0 Å². The molecule has 0 saturated heterocycles. The molecular weight excluding hydrogens is 212 g/mol. The van der Waals surface area contributed by atoms with Crippen molar-refractivity contribution in [3.63, 3.8) is 0 Å². The Labute approximate surface area is 102 Å². The molecule has 0 aliphatic heterocycles. The van der Waals surface area contributed by atoms with Gasteiger partial charge in [0.1, 0.15) is 0 Å². The Hall–Kier alpha value is -1.58. The first kappa shape index (κ1) is 11.9. The number of aromatic amines is 1. The van der Waals surface area contributed by atoms with Gasteiger partial charge >= 0.3 is 0 Å². The second kappa shape index (κ2) is 4.02. The van der Waals surface area contributed by atoms with Crippen LogP contribution in [0.15, 0.2) is 31.1 Å². The van der Waals surface area contributed by atoms with Gasteiger partial charge in [-0.1, -0.05) is 13.8 Å². The van der Waals surface area contributed by atoms with Crippen molar-refractivity contribution in [2.75, 3.05) is 0 Å². The Morgan fingerprint density at radius 1 is 1.29 bits per heavy atom. The van der Waals surface area contributed by atoms with Gasteiger partial charge < -0.3 is 4.57 Å². The summed E-state index contributed by atoms with van der Waals surface area (Å²) in [4.78, 5) is 4.13. The molecule has 0 amide bonds. The number of aromatic nitrogens is 4. The van der Waals surface area contributed by atoms with Crippen molar-refractivity contribution in [1.29, 1.82) is 0 Å². The lowest BCUT2D eigenvalue weighted by Crippen LogP contribution is -2.33. The molecule has 0 radical (unpaired) electrons. The minimum atomic E-state index is 0.0390. The van der Waals surface area contributed by atoms with Crippen LogP contribution in [0, 0.1) is 0 Å². The number of hydrogen-bond acceptors (Lipinski definition) is 2. The topological polar surface area (TPSA) is 46.5 Å². The third kappa shape index (κ3) is 2.40. The number of H-pyrrole nitrogens is 1. The molecule has 17 heavy (non-hydrogen) atoms. The van der Waals surface area contributed by atoms with Gasteiger partial charge in [0.2, 0.25) is 0 Å². The van der Waals surface area contributed by atoms with Gasteiger partial charge in [0.05, 0.1) is 12.5 Å². The molecule has 0 aliphatic rings. The molecule has 0 atom stereocenters. The van der Waals surface area contributed by atoms with E-state index in [0.717, 1.165) is 6.42 Å². The molecule has 2 rings (SSSR count). The normalized spacial score (nSPS) is 12.9. The molecule has 2 aromatic rings. The zero-order valence-corrected chi connectivity index (χ0v) is 10.9. The van der Waals surface area contributed by atoms with E-state index < -0.39 is 0 Å². The van der Waals surface area contributed by atoms with Crippen LogP contribution in [0.3, 0.4) is 0 Å². The summed E-state index contributed by atoms with van der Waals surface area (Å²) in [6, 6.07) is 0. The van der Waals surface area contributed by atoms with E-state index in [2.05, 4.69) is 47.4 Å². The number of hydrogen-bond donors (Lipinski definition) is 1. The van der Waals surface area contributed by atoms with E-state index >= 15 is 0 Å². The lowest BCUT2D eigenvalue weighted by atomic mass is 9.76. The van der Waals surface area contributed by atoms with Gasteiger partial charge in [0, 0.05) is 24.1 Å². The highest BCUT2D eigenvalue weighted by atomic mass is 15.1. The predicted molar refractivity (Wildman–Crippen MR) is 67.8 cm³/mol. The largest absolute Gasteiger partial charge is 0.332 e. The summed E-state index contributed by atoms with van der Waals surface area (Å²) in [6.07, 6.45) is 10.6. The van der Waals surface area contributed by atoms with Crippen molar-refractivity contribution in [1.82, 2.24) is 19.7 Å².